The fourth-order valence-corrected chi connectivity index (χ4v) is 4.18. The third-order valence-electron chi connectivity index (χ3n) is 6.16. The van der Waals surface area contributed by atoms with E-state index >= 15 is 0 Å². The lowest BCUT2D eigenvalue weighted by Gasteiger charge is -2.14. The van der Waals surface area contributed by atoms with Gasteiger partial charge in [-0.3, -0.25) is 9.78 Å². The highest BCUT2D eigenvalue weighted by molar-refractivity contribution is 5.69. The van der Waals surface area contributed by atoms with Gasteiger partial charge in [0.15, 0.2) is 0 Å². The number of rotatable bonds is 12. The molecule has 2 aromatic heterocycles. The summed E-state index contributed by atoms with van der Waals surface area (Å²) in [5.74, 6) is 0.994. The molecule has 4 rings (SSSR count). The lowest BCUT2D eigenvalue weighted by Crippen LogP contribution is -2.26. The largest absolute Gasteiger partial charge is 0.493 e. The molecule has 208 valence electrons. The van der Waals surface area contributed by atoms with Gasteiger partial charge in [0.25, 0.3) is 0 Å². The molecule has 0 aliphatic heterocycles. The number of amides is 1. The molecule has 0 saturated carbocycles. The van der Waals surface area contributed by atoms with Crippen LogP contribution in [-0.2, 0) is 28.9 Å². The molecule has 4 aromatic rings. The molecule has 0 bridgehead atoms. The second kappa shape index (κ2) is 13.4. The number of aromatic nitrogens is 2. The minimum Gasteiger partial charge on any atom is -0.493 e. The number of carboxylic acids is 1. The number of alkyl carbamates (subject to hydrolysis) is 1. The summed E-state index contributed by atoms with van der Waals surface area (Å²) in [7, 11) is 0. The van der Waals surface area contributed by atoms with E-state index in [9.17, 15) is 9.59 Å². The van der Waals surface area contributed by atoms with Gasteiger partial charge in [0, 0.05) is 42.9 Å². The number of carbonyl (C=O) groups excluding carboxylic acids is 1. The molecule has 0 aliphatic rings. The van der Waals surface area contributed by atoms with E-state index in [2.05, 4.69) is 10.3 Å². The van der Waals surface area contributed by atoms with Crippen molar-refractivity contribution in [2.45, 2.75) is 52.7 Å². The number of ether oxygens (including phenoxy) is 2. The van der Waals surface area contributed by atoms with E-state index in [1.165, 1.54) is 0 Å². The molecular weight excluding hydrogens is 510 g/mol. The average Bonchev–Trinajstić information content (AvgIpc) is 3.31. The van der Waals surface area contributed by atoms with Crippen LogP contribution in [0, 0.1) is 6.92 Å². The van der Waals surface area contributed by atoms with E-state index in [1.54, 1.807) is 26.1 Å². The highest BCUT2D eigenvalue weighted by Gasteiger charge is 2.14. The molecule has 0 saturated heterocycles. The Morgan fingerprint density at radius 2 is 1.80 bits per heavy atom. The number of nitrogens with zero attached hydrogens (tertiary/aromatic N) is 2. The fraction of sp³-hybridized carbons (Fsp3) is 0.290. The molecule has 9 nitrogen and oxygen atoms in total. The van der Waals surface area contributed by atoms with Crippen LogP contribution in [0.3, 0.4) is 0 Å². The summed E-state index contributed by atoms with van der Waals surface area (Å²) in [6, 6.07) is 17.3. The standard InChI is InChI=1S/C31H33N3O6/c1-20(2)39-31(37)33-19-26-17-27(11-9-22(26)10-12-29(35)36)38-15-13-28-21(3)40-30(34-28)24-7-4-6-23(16-24)25-8-5-14-32-18-25/h4-9,11,14,16-18,20H,10,12-13,15,19H2,1-3H3,(H,33,37)(H,35,36). The first kappa shape index (κ1) is 28.4. The zero-order valence-corrected chi connectivity index (χ0v) is 22.8. The number of carboxylic acid groups (broad SMARTS) is 1. The van der Waals surface area contributed by atoms with E-state index < -0.39 is 12.1 Å². The van der Waals surface area contributed by atoms with Crippen molar-refractivity contribution < 1.29 is 28.6 Å². The lowest BCUT2D eigenvalue weighted by atomic mass is 10.0. The highest BCUT2D eigenvalue weighted by atomic mass is 16.6. The van der Waals surface area contributed by atoms with Crippen molar-refractivity contribution in [3.8, 4) is 28.3 Å². The third-order valence-corrected chi connectivity index (χ3v) is 6.16. The molecule has 0 atom stereocenters. The molecule has 2 heterocycles. The van der Waals surface area contributed by atoms with Crippen LogP contribution in [0.2, 0.25) is 0 Å². The van der Waals surface area contributed by atoms with E-state index in [0.717, 1.165) is 39.3 Å². The van der Waals surface area contributed by atoms with E-state index in [0.29, 0.717) is 31.1 Å². The lowest BCUT2D eigenvalue weighted by molar-refractivity contribution is -0.136. The maximum Gasteiger partial charge on any atom is 0.407 e. The summed E-state index contributed by atoms with van der Waals surface area (Å²) in [4.78, 5) is 32.0. The first-order chi connectivity index (χ1) is 19.3. The first-order valence-electron chi connectivity index (χ1n) is 13.2. The molecule has 0 radical (unpaired) electrons. The maximum absolute atomic E-state index is 12.0. The Hall–Kier alpha value is -4.66. The predicted molar refractivity (Wildman–Crippen MR) is 150 cm³/mol. The van der Waals surface area contributed by atoms with Gasteiger partial charge in [-0.05, 0) is 74.2 Å². The number of hydrogen-bond acceptors (Lipinski definition) is 7. The number of aryl methyl sites for hydroxylation is 2. The van der Waals surface area contributed by atoms with E-state index in [4.69, 9.17) is 24.0 Å². The SMILES string of the molecule is Cc1oc(-c2cccc(-c3cccnc3)c2)nc1CCOc1ccc(CCC(=O)O)c(CNC(=O)OC(C)C)c1. The molecule has 40 heavy (non-hydrogen) atoms. The van der Waals surface area contributed by atoms with Crippen LogP contribution in [0.4, 0.5) is 4.79 Å². The van der Waals surface area contributed by atoms with Gasteiger partial charge < -0.3 is 24.3 Å². The van der Waals surface area contributed by atoms with Crippen LogP contribution in [-0.4, -0.2) is 39.8 Å². The number of carbonyl (C=O) groups is 2. The topological polar surface area (TPSA) is 124 Å². The Bertz CT molecular complexity index is 1450. The predicted octanol–water partition coefficient (Wildman–Crippen LogP) is 5.99. The zero-order chi connectivity index (χ0) is 28.5. The van der Waals surface area contributed by atoms with Crippen molar-refractivity contribution >= 4 is 12.1 Å². The van der Waals surface area contributed by atoms with Crippen molar-refractivity contribution in [2.24, 2.45) is 0 Å². The highest BCUT2D eigenvalue weighted by Crippen LogP contribution is 2.27. The van der Waals surface area contributed by atoms with Gasteiger partial charge in [-0.1, -0.05) is 24.3 Å². The fourth-order valence-electron chi connectivity index (χ4n) is 4.18. The number of nitrogens with one attached hydrogen (secondary N) is 1. The van der Waals surface area contributed by atoms with Crippen molar-refractivity contribution in [3.05, 3.63) is 89.6 Å². The summed E-state index contributed by atoms with van der Waals surface area (Å²) in [5.41, 5.74) is 5.32. The van der Waals surface area contributed by atoms with Crippen molar-refractivity contribution in [3.63, 3.8) is 0 Å². The molecule has 2 N–H and O–H groups in total. The second-order valence-corrected chi connectivity index (χ2v) is 9.57. The minimum absolute atomic E-state index is 0.0114. The Morgan fingerprint density at radius 3 is 2.55 bits per heavy atom. The van der Waals surface area contributed by atoms with Gasteiger partial charge in [-0.25, -0.2) is 9.78 Å². The van der Waals surface area contributed by atoms with Crippen LogP contribution in [0.15, 0.2) is 71.4 Å². The minimum atomic E-state index is -0.885. The molecule has 0 unspecified atom stereocenters. The van der Waals surface area contributed by atoms with Crippen LogP contribution < -0.4 is 10.1 Å². The molecule has 9 heteroatoms. The maximum atomic E-state index is 12.0. The molecule has 0 spiro atoms. The second-order valence-electron chi connectivity index (χ2n) is 9.57. The Morgan fingerprint density at radius 1 is 1.00 bits per heavy atom. The number of benzene rings is 2. The van der Waals surface area contributed by atoms with Crippen LogP contribution in [0.5, 0.6) is 5.75 Å². The number of aliphatic carboxylic acids is 1. The van der Waals surface area contributed by atoms with Gasteiger partial charge in [0.2, 0.25) is 5.89 Å². The van der Waals surface area contributed by atoms with E-state index in [-0.39, 0.29) is 19.1 Å². The summed E-state index contributed by atoms with van der Waals surface area (Å²) in [6.07, 6.45) is 3.65. The molecular formula is C31H33N3O6. The number of pyridine rings is 1. The van der Waals surface area contributed by atoms with Crippen molar-refractivity contribution in [2.75, 3.05) is 6.61 Å². The normalized spacial score (nSPS) is 10.9. The van der Waals surface area contributed by atoms with Crippen molar-refractivity contribution in [1.29, 1.82) is 0 Å². The van der Waals surface area contributed by atoms with Gasteiger partial charge in [0.1, 0.15) is 11.5 Å². The van der Waals surface area contributed by atoms with Crippen LogP contribution in [0.1, 0.15) is 42.8 Å². The van der Waals surface area contributed by atoms with Crippen LogP contribution >= 0.6 is 0 Å². The molecule has 2 aromatic carbocycles. The summed E-state index contributed by atoms with van der Waals surface area (Å²) >= 11 is 0. The first-order valence-corrected chi connectivity index (χ1v) is 13.2. The molecule has 0 fully saturated rings. The summed E-state index contributed by atoms with van der Waals surface area (Å²) in [6.45, 7) is 5.98. The van der Waals surface area contributed by atoms with Crippen molar-refractivity contribution in [1.82, 2.24) is 15.3 Å². The summed E-state index contributed by atoms with van der Waals surface area (Å²) < 4.78 is 17.1. The zero-order valence-electron chi connectivity index (χ0n) is 22.8. The Balaban J connectivity index is 1.41. The van der Waals surface area contributed by atoms with Gasteiger partial charge in [-0.15, -0.1) is 0 Å². The number of oxazole rings is 1. The van der Waals surface area contributed by atoms with Gasteiger partial charge >= 0.3 is 12.1 Å². The van der Waals surface area contributed by atoms with Gasteiger partial charge in [-0.2, -0.15) is 0 Å². The van der Waals surface area contributed by atoms with E-state index in [1.807, 2.05) is 61.7 Å². The molecule has 0 aliphatic carbocycles. The molecule has 1 amide bonds. The number of hydrogen-bond donors (Lipinski definition) is 2. The summed E-state index contributed by atoms with van der Waals surface area (Å²) in [5, 5.41) is 11.8. The Kier molecular flexibility index (Phi) is 9.51. The quantitative estimate of drug-likeness (QED) is 0.223. The Labute approximate surface area is 233 Å². The average molecular weight is 544 g/mol. The third kappa shape index (κ3) is 7.92. The monoisotopic (exact) mass is 543 g/mol. The smallest absolute Gasteiger partial charge is 0.407 e. The van der Waals surface area contributed by atoms with Gasteiger partial charge in [0.05, 0.1) is 18.4 Å². The van der Waals surface area contributed by atoms with Crippen LogP contribution in [0.25, 0.3) is 22.6 Å².